The molecule has 0 atom stereocenters. The van der Waals surface area contributed by atoms with Gasteiger partial charge in [0.25, 0.3) is 5.56 Å². The molecule has 1 fully saturated rings. The zero-order valence-corrected chi connectivity index (χ0v) is 19.1. The maximum absolute atomic E-state index is 12.8. The number of rotatable bonds is 7. The van der Waals surface area contributed by atoms with E-state index in [1.807, 2.05) is 6.07 Å². The van der Waals surface area contributed by atoms with Crippen molar-refractivity contribution in [1.82, 2.24) is 4.57 Å². The normalized spacial score (nSPS) is 14.8. The largest absolute Gasteiger partial charge is 0.497 e. The van der Waals surface area contributed by atoms with Crippen molar-refractivity contribution in [3.05, 3.63) is 52.9 Å². The molecule has 1 aliphatic rings. The summed E-state index contributed by atoms with van der Waals surface area (Å²) in [6.45, 7) is 4.21. The molecule has 2 aromatic carbocycles. The Labute approximate surface area is 183 Å². The fourth-order valence-electron chi connectivity index (χ4n) is 3.58. The van der Waals surface area contributed by atoms with Crippen LogP contribution in [-0.4, -0.2) is 32.6 Å². The first-order valence-electron chi connectivity index (χ1n) is 10.4. The van der Waals surface area contributed by atoms with Gasteiger partial charge in [-0.2, -0.15) is 10.6 Å². The van der Waals surface area contributed by atoms with Crippen LogP contribution in [0.2, 0.25) is 0 Å². The number of pyridine rings is 1. The first kappa shape index (κ1) is 21.7. The van der Waals surface area contributed by atoms with Gasteiger partial charge < -0.3 is 14.0 Å². The van der Waals surface area contributed by atoms with Crippen LogP contribution in [0.15, 0.2) is 52.3 Å². The van der Waals surface area contributed by atoms with Gasteiger partial charge in [-0.25, -0.2) is 0 Å². The summed E-state index contributed by atoms with van der Waals surface area (Å²) in [6, 6.07) is 10.7. The third kappa shape index (κ3) is 4.18. The summed E-state index contributed by atoms with van der Waals surface area (Å²) < 4.78 is 34.6. The van der Waals surface area contributed by atoms with Crippen LogP contribution in [0.1, 0.15) is 26.7 Å². The summed E-state index contributed by atoms with van der Waals surface area (Å²) in [5, 5.41) is 0.974. The second-order valence-corrected chi connectivity index (χ2v) is 11.0. The van der Waals surface area contributed by atoms with Gasteiger partial charge in [0.15, 0.2) is 0 Å². The first-order valence-corrected chi connectivity index (χ1v) is 12.0. The lowest BCUT2D eigenvalue weighted by atomic mass is 9.99. The average Bonchev–Trinajstić information content (AvgIpc) is 3.58. The van der Waals surface area contributed by atoms with Crippen molar-refractivity contribution in [2.24, 2.45) is 13.0 Å². The lowest BCUT2D eigenvalue weighted by Gasteiger charge is -2.37. The van der Waals surface area contributed by atoms with E-state index in [-0.39, 0.29) is 10.8 Å². The quantitative estimate of drug-likeness (QED) is 0.502. The molecule has 1 saturated carbocycles. The van der Waals surface area contributed by atoms with E-state index in [1.165, 1.54) is 12.8 Å². The molecule has 1 aliphatic carbocycles. The van der Waals surface area contributed by atoms with Crippen molar-refractivity contribution in [3.63, 3.8) is 0 Å². The number of benzene rings is 2. The molecular weight excluding hydrogens is 414 g/mol. The van der Waals surface area contributed by atoms with Gasteiger partial charge in [0.05, 0.1) is 18.6 Å². The molecule has 166 valence electrons. The molecule has 0 radical (unpaired) electrons. The second kappa shape index (κ2) is 8.22. The Morgan fingerprint density at radius 3 is 2.48 bits per heavy atom. The number of aromatic nitrogens is 1. The number of aryl methyl sites for hydroxylation is 1. The highest BCUT2D eigenvalue weighted by molar-refractivity contribution is 8.24. The molecule has 0 unspecified atom stereocenters. The number of hydrogen-bond acceptors (Lipinski definition) is 5. The standard InChI is InChI=1S/C24H29NO5S/c1-15(2)31(27,28)18-8-10-23(30-14-16-5-6-16)21(12-18)22-13-25(3)24(26)19-9-7-17(29-4)11-20(19)22/h7-13,15-16,27-28H,5-6,14H2,1-4H3. The van der Waals surface area contributed by atoms with Gasteiger partial charge in [-0.3, -0.25) is 13.9 Å². The lowest BCUT2D eigenvalue weighted by molar-refractivity contribution is 0.301. The smallest absolute Gasteiger partial charge is 0.258 e. The van der Waals surface area contributed by atoms with Crippen molar-refractivity contribution in [1.29, 1.82) is 0 Å². The van der Waals surface area contributed by atoms with E-state index >= 15 is 0 Å². The Bertz CT molecular complexity index is 1180. The number of fused-ring (bicyclic) bond motifs is 1. The lowest BCUT2D eigenvalue weighted by Crippen LogP contribution is -2.17. The van der Waals surface area contributed by atoms with E-state index in [0.717, 1.165) is 16.5 Å². The predicted octanol–water partition coefficient (Wildman–Crippen LogP) is 5.52. The molecule has 1 heterocycles. The highest BCUT2D eigenvalue weighted by Gasteiger charge is 2.25. The van der Waals surface area contributed by atoms with Crippen LogP contribution >= 0.6 is 10.6 Å². The molecule has 4 rings (SSSR count). The maximum atomic E-state index is 12.8. The summed E-state index contributed by atoms with van der Waals surface area (Å²) in [6.07, 6.45) is 4.11. The SMILES string of the molecule is COc1ccc2c(=O)n(C)cc(-c3cc(S(O)(O)C(C)C)ccc3OCC3CC3)c2c1. The molecule has 0 saturated heterocycles. The van der Waals surface area contributed by atoms with E-state index in [2.05, 4.69) is 0 Å². The monoisotopic (exact) mass is 443 g/mol. The minimum Gasteiger partial charge on any atom is -0.497 e. The van der Waals surface area contributed by atoms with Gasteiger partial charge in [-0.05, 0) is 69.0 Å². The summed E-state index contributed by atoms with van der Waals surface area (Å²) in [5.41, 5.74) is 1.40. The Hall–Kier alpha value is -2.48. The summed E-state index contributed by atoms with van der Waals surface area (Å²) in [7, 11) is 0.326. The van der Waals surface area contributed by atoms with Crippen LogP contribution in [0.5, 0.6) is 11.5 Å². The van der Waals surface area contributed by atoms with Crippen molar-refractivity contribution in [3.8, 4) is 22.6 Å². The minimum atomic E-state index is -2.98. The number of hydrogen-bond donors (Lipinski definition) is 2. The van der Waals surface area contributed by atoms with Crippen LogP contribution in [0.3, 0.4) is 0 Å². The van der Waals surface area contributed by atoms with Crippen LogP contribution < -0.4 is 15.0 Å². The number of methoxy groups -OCH3 is 1. The Morgan fingerprint density at radius 2 is 1.84 bits per heavy atom. The highest BCUT2D eigenvalue weighted by atomic mass is 32.3. The van der Waals surface area contributed by atoms with E-state index < -0.39 is 10.6 Å². The van der Waals surface area contributed by atoms with Gasteiger partial charge in [0, 0.05) is 40.4 Å². The van der Waals surface area contributed by atoms with Crippen molar-refractivity contribution < 1.29 is 18.6 Å². The minimum absolute atomic E-state index is 0.107. The topological polar surface area (TPSA) is 80.9 Å². The van der Waals surface area contributed by atoms with Gasteiger partial charge in [0.2, 0.25) is 0 Å². The van der Waals surface area contributed by atoms with Gasteiger partial charge >= 0.3 is 0 Å². The van der Waals surface area contributed by atoms with Crippen LogP contribution in [-0.2, 0) is 7.05 Å². The average molecular weight is 444 g/mol. The molecule has 3 aromatic rings. The predicted molar refractivity (Wildman–Crippen MR) is 126 cm³/mol. The zero-order valence-electron chi connectivity index (χ0n) is 18.3. The third-order valence-corrected chi connectivity index (χ3v) is 8.07. The molecule has 31 heavy (non-hydrogen) atoms. The molecule has 0 amide bonds. The first-order chi connectivity index (χ1) is 14.7. The third-order valence-electron chi connectivity index (χ3n) is 5.81. The van der Waals surface area contributed by atoms with Crippen molar-refractivity contribution >= 4 is 21.4 Å². The molecule has 0 aliphatic heterocycles. The Morgan fingerprint density at radius 1 is 1.10 bits per heavy atom. The summed E-state index contributed by atoms with van der Waals surface area (Å²) in [5.74, 6) is 1.88. The molecule has 6 nitrogen and oxygen atoms in total. The van der Waals surface area contributed by atoms with Crippen molar-refractivity contribution in [2.45, 2.75) is 36.8 Å². The van der Waals surface area contributed by atoms with Crippen LogP contribution in [0.4, 0.5) is 0 Å². The van der Waals surface area contributed by atoms with E-state index in [4.69, 9.17) is 9.47 Å². The second-order valence-electron chi connectivity index (χ2n) is 8.42. The van der Waals surface area contributed by atoms with Crippen LogP contribution in [0, 0.1) is 5.92 Å². The van der Waals surface area contributed by atoms with Crippen molar-refractivity contribution in [2.75, 3.05) is 13.7 Å². The highest BCUT2D eigenvalue weighted by Crippen LogP contribution is 2.54. The van der Waals surface area contributed by atoms with Gasteiger partial charge in [-0.15, -0.1) is 0 Å². The van der Waals surface area contributed by atoms with Gasteiger partial charge in [-0.1, -0.05) is 0 Å². The molecular formula is C24H29NO5S. The van der Waals surface area contributed by atoms with E-state index in [9.17, 15) is 13.9 Å². The number of nitrogens with zero attached hydrogens (tertiary/aromatic N) is 1. The number of ether oxygens (including phenoxy) is 2. The fourth-order valence-corrected chi connectivity index (χ4v) is 4.69. The summed E-state index contributed by atoms with van der Waals surface area (Å²) in [4.78, 5) is 13.2. The molecule has 0 spiro atoms. The van der Waals surface area contributed by atoms with E-state index in [0.29, 0.717) is 34.3 Å². The molecule has 0 bridgehead atoms. The Kier molecular flexibility index (Phi) is 5.77. The van der Waals surface area contributed by atoms with Gasteiger partial charge in [0.1, 0.15) is 11.5 Å². The Balaban J connectivity index is 1.97. The maximum Gasteiger partial charge on any atom is 0.258 e. The summed E-state index contributed by atoms with van der Waals surface area (Å²) >= 11 is 0. The fraction of sp³-hybridized carbons (Fsp3) is 0.375. The molecule has 7 heteroatoms. The zero-order chi connectivity index (χ0) is 22.3. The molecule has 1 aromatic heterocycles. The molecule has 2 N–H and O–H groups in total. The van der Waals surface area contributed by atoms with Crippen LogP contribution in [0.25, 0.3) is 21.9 Å². The van der Waals surface area contributed by atoms with E-state index in [1.54, 1.807) is 69.1 Å².